The first kappa shape index (κ1) is 9.54. The first-order valence-corrected chi connectivity index (χ1v) is 5.67. The van der Waals surface area contributed by atoms with Crippen molar-refractivity contribution in [3.8, 4) is 11.3 Å². The highest BCUT2D eigenvalue weighted by Crippen LogP contribution is 2.19. The molecule has 80 valence electrons. The minimum absolute atomic E-state index is 0.746. The molecule has 0 spiro atoms. The molecule has 3 nitrogen and oxygen atoms in total. The molecule has 2 heterocycles. The van der Waals surface area contributed by atoms with Crippen molar-refractivity contribution >= 4 is 17.3 Å². The van der Waals surface area contributed by atoms with E-state index in [1.807, 2.05) is 29.0 Å². The molecule has 0 fully saturated rings. The molecule has 1 aliphatic rings. The van der Waals surface area contributed by atoms with Gasteiger partial charge in [-0.15, -0.1) is 0 Å². The molecule has 0 saturated carbocycles. The van der Waals surface area contributed by atoms with E-state index in [1.54, 1.807) is 0 Å². The first-order valence-electron chi connectivity index (χ1n) is 5.26. The lowest BCUT2D eigenvalue weighted by Gasteiger charge is -2.15. The monoisotopic (exact) mass is 229 g/mol. The number of aromatic nitrogens is 2. The van der Waals surface area contributed by atoms with E-state index in [0.29, 0.717) is 0 Å². The van der Waals surface area contributed by atoms with E-state index in [0.717, 1.165) is 35.2 Å². The van der Waals surface area contributed by atoms with Gasteiger partial charge in [0.25, 0.3) is 0 Å². The fourth-order valence-corrected chi connectivity index (χ4v) is 2.15. The van der Waals surface area contributed by atoms with Crippen LogP contribution >= 0.6 is 12.2 Å². The van der Waals surface area contributed by atoms with Crippen molar-refractivity contribution in [2.24, 2.45) is 0 Å². The van der Waals surface area contributed by atoms with Crippen molar-refractivity contribution in [3.05, 3.63) is 42.4 Å². The summed E-state index contributed by atoms with van der Waals surface area (Å²) in [4.78, 5) is 4.61. The zero-order valence-electron chi connectivity index (χ0n) is 8.68. The van der Waals surface area contributed by atoms with Crippen LogP contribution < -0.4 is 5.32 Å². The SMILES string of the molecule is S=C1NCCc2nc(-c3ccccc3)cn21. The van der Waals surface area contributed by atoms with Crippen LogP contribution in [-0.4, -0.2) is 21.2 Å². The third kappa shape index (κ3) is 1.51. The molecule has 16 heavy (non-hydrogen) atoms. The van der Waals surface area contributed by atoms with Crippen LogP contribution in [0.4, 0.5) is 0 Å². The normalized spacial score (nSPS) is 14.4. The number of thiocarbonyl (C=S) groups is 1. The van der Waals surface area contributed by atoms with Gasteiger partial charge in [0.15, 0.2) is 5.11 Å². The van der Waals surface area contributed by atoms with E-state index < -0.39 is 0 Å². The third-order valence-electron chi connectivity index (χ3n) is 2.69. The summed E-state index contributed by atoms with van der Waals surface area (Å²) in [6.07, 6.45) is 2.92. The Kier molecular flexibility index (Phi) is 2.22. The van der Waals surface area contributed by atoms with Gasteiger partial charge in [0, 0.05) is 24.7 Å². The molecule has 1 aliphatic heterocycles. The van der Waals surface area contributed by atoms with E-state index in [1.165, 1.54) is 0 Å². The molecule has 0 atom stereocenters. The van der Waals surface area contributed by atoms with Crippen LogP contribution in [0.5, 0.6) is 0 Å². The molecule has 2 aromatic rings. The number of rotatable bonds is 1. The van der Waals surface area contributed by atoms with Gasteiger partial charge in [-0.05, 0) is 12.2 Å². The Balaban J connectivity index is 2.08. The number of nitrogens with one attached hydrogen (secondary N) is 1. The third-order valence-corrected chi connectivity index (χ3v) is 3.03. The van der Waals surface area contributed by atoms with Gasteiger partial charge in [0.05, 0.1) is 5.69 Å². The second kappa shape index (κ2) is 3.72. The summed E-state index contributed by atoms with van der Waals surface area (Å²) in [5.74, 6) is 1.04. The zero-order valence-corrected chi connectivity index (χ0v) is 9.50. The number of nitrogens with zero attached hydrogens (tertiary/aromatic N) is 2. The molecule has 0 aliphatic carbocycles. The fraction of sp³-hybridized carbons (Fsp3) is 0.167. The Labute approximate surface area is 99.1 Å². The fourth-order valence-electron chi connectivity index (χ4n) is 1.89. The van der Waals surface area contributed by atoms with E-state index in [-0.39, 0.29) is 0 Å². The van der Waals surface area contributed by atoms with Gasteiger partial charge in [0.2, 0.25) is 0 Å². The maximum Gasteiger partial charge on any atom is 0.178 e. The second-order valence-electron chi connectivity index (χ2n) is 3.76. The highest BCUT2D eigenvalue weighted by Gasteiger charge is 2.15. The number of hydrogen-bond acceptors (Lipinski definition) is 2. The maximum absolute atomic E-state index is 5.24. The largest absolute Gasteiger partial charge is 0.362 e. The molecule has 1 N–H and O–H groups in total. The van der Waals surface area contributed by atoms with Crippen molar-refractivity contribution in [1.29, 1.82) is 0 Å². The van der Waals surface area contributed by atoms with Crippen molar-refractivity contribution in [2.45, 2.75) is 6.42 Å². The van der Waals surface area contributed by atoms with E-state index in [9.17, 15) is 0 Å². The Morgan fingerprint density at radius 3 is 2.81 bits per heavy atom. The number of fused-ring (bicyclic) bond motifs is 1. The summed E-state index contributed by atoms with van der Waals surface area (Å²) in [6.45, 7) is 0.879. The summed E-state index contributed by atoms with van der Waals surface area (Å²) < 4.78 is 1.96. The van der Waals surface area contributed by atoms with Gasteiger partial charge in [-0.25, -0.2) is 4.98 Å². The predicted octanol–water partition coefficient (Wildman–Crippen LogP) is 1.83. The van der Waals surface area contributed by atoms with Crippen LogP contribution in [-0.2, 0) is 6.42 Å². The number of hydrogen-bond donors (Lipinski definition) is 1. The minimum atomic E-state index is 0.746. The topological polar surface area (TPSA) is 29.9 Å². The summed E-state index contributed by atoms with van der Waals surface area (Å²) in [7, 11) is 0. The van der Waals surface area contributed by atoms with Crippen molar-refractivity contribution in [3.63, 3.8) is 0 Å². The Hall–Kier alpha value is -1.68. The quantitative estimate of drug-likeness (QED) is 0.757. The van der Waals surface area contributed by atoms with Crippen molar-refractivity contribution in [1.82, 2.24) is 14.9 Å². The van der Waals surface area contributed by atoms with Crippen LogP contribution in [0.15, 0.2) is 36.5 Å². The summed E-state index contributed by atoms with van der Waals surface area (Å²) in [6, 6.07) is 10.2. The Morgan fingerprint density at radius 2 is 2.06 bits per heavy atom. The summed E-state index contributed by atoms with van der Waals surface area (Å²) >= 11 is 5.24. The smallest absolute Gasteiger partial charge is 0.178 e. The summed E-state index contributed by atoms with van der Waals surface area (Å²) in [5.41, 5.74) is 2.12. The maximum atomic E-state index is 5.24. The van der Waals surface area contributed by atoms with Crippen LogP contribution in [0.1, 0.15) is 5.82 Å². The van der Waals surface area contributed by atoms with E-state index in [4.69, 9.17) is 12.2 Å². The predicted molar refractivity (Wildman–Crippen MR) is 67.4 cm³/mol. The zero-order chi connectivity index (χ0) is 11.0. The lowest BCUT2D eigenvalue weighted by molar-refractivity contribution is 0.742. The van der Waals surface area contributed by atoms with Crippen molar-refractivity contribution < 1.29 is 0 Å². The van der Waals surface area contributed by atoms with E-state index in [2.05, 4.69) is 22.4 Å². The summed E-state index contributed by atoms with van der Waals surface area (Å²) in [5, 5.41) is 3.90. The lowest BCUT2D eigenvalue weighted by atomic mass is 10.2. The average Bonchev–Trinajstić information content (AvgIpc) is 2.76. The molecule has 4 heteroatoms. The van der Waals surface area contributed by atoms with Gasteiger partial charge >= 0.3 is 0 Å². The van der Waals surface area contributed by atoms with Crippen LogP contribution in [0.2, 0.25) is 0 Å². The number of benzene rings is 1. The van der Waals surface area contributed by atoms with Gasteiger partial charge in [-0.1, -0.05) is 30.3 Å². The molecule has 0 radical (unpaired) electrons. The lowest BCUT2D eigenvalue weighted by Crippen LogP contribution is -2.36. The van der Waals surface area contributed by atoms with Crippen LogP contribution in [0, 0.1) is 0 Å². The molecule has 0 bridgehead atoms. The Morgan fingerprint density at radius 1 is 1.25 bits per heavy atom. The molecule has 0 amide bonds. The molecule has 1 aromatic heterocycles. The highest BCUT2D eigenvalue weighted by molar-refractivity contribution is 7.80. The molecular weight excluding hydrogens is 218 g/mol. The Bertz CT molecular complexity index is 530. The second-order valence-corrected chi connectivity index (χ2v) is 4.15. The minimum Gasteiger partial charge on any atom is -0.362 e. The molecule has 0 unspecified atom stereocenters. The molecule has 3 rings (SSSR count). The molecule has 0 saturated heterocycles. The van der Waals surface area contributed by atoms with Crippen molar-refractivity contribution in [2.75, 3.05) is 6.54 Å². The van der Waals surface area contributed by atoms with Crippen LogP contribution in [0.3, 0.4) is 0 Å². The van der Waals surface area contributed by atoms with Crippen LogP contribution in [0.25, 0.3) is 11.3 Å². The highest BCUT2D eigenvalue weighted by atomic mass is 32.1. The first-order chi connectivity index (χ1) is 7.84. The number of imidazole rings is 1. The standard InChI is InChI=1S/C12H11N3S/c16-12-13-7-6-11-14-10(8-15(11)12)9-4-2-1-3-5-9/h1-5,8H,6-7H2,(H,13,16). The van der Waals surface area contributed by atoms with Gasteiger partial charge in [0.1, 0.15) is 5.82 Å². The average molecular weight is 229 g/mol. The molecular formula is C12H11N3S. The van der Waals surface area contributed by atoms with Gasteiger partial charge in [-0.3, -0.25) is 4.57 Å². The van der Waals surface area contributed by atoms with Gasteiger partial charge in [-0.2, -0.15) is 0 Å². The van der Waals surface area contributed by atoms with E-state index >= 15 is 0 Å². The van der Waals surface area contributed by atoms with Gasteiger partial charge < -0.3 is 5.32 Å². The molecule has 1 aromatic carbocycles.